The van der Waals surface area contributed by atoms with E-state index in [-0.39, 0.29) is 12.4 Å². The van der Waals surface area contributed by atoms with E-state index in [0.29, 0.717) is 29.6 Å². The van der Waals surface area contributed by atoms with Crippen LogP contribution in [-0.2, 0) is 17.9 Å². The van der Waals surface area contributed by atoms with Gasteiger partial charge in [-0.2, -0.15) is 5.26 Å². The van der Waals surface area contributed by atoms with Crippen molar-refractivity contribution in [2.75, 3.05) is 6.79 Å². The van der Waals surface area contributed by atoms with Crippen LogP contribution in [0.2, 0.25) is 5.02 Å². The molecule has 7 heteroatoms. The van der Waals surface area contributed by atoms with Gasteiger partial charge in [0.2, 0.25) is 6.79 Å². The van der Waals surface area contributed by atoms with Gasteiger partial charge < -0.3 is 20.1 Å². The van der Waals surface area contributed by atoms with Crippen molar-refractivity contribution in [3.8, 4) is 17.6 Å². The Morgan fingerprint density at radius 2 is 1.85 bits per heavy atom. The van der Waals surface area contributed by atoms with Crippen molar-refractivity contribution in [1.82, 2.24) is 10.6 Å². The Bertz CT molecular complexity index is 873. The molecule has 1 aliphatic rings. The number of carbonyl (C=O) groups excluding carboxylic acids is 1. The second-order valence-corrected chi connectivity index (χ2v) is 5.98. The Morgan fingerprint density at radius 3 is 2.62 bits per heavy atom. The number of nitrogens with one attached hydrogen (secondary N) is 2. The third-order valence-electron chi connectivity index (χ3n) is 3.72. The quantitative estimate of drug-likeness (QED) is 0.604. The minimum atomic E-state index is -0.444. The number of benzene rings is 2. The van der Waals surface area contributed by atoms with E-state index >= 15 is 0 Å². The number of ether oxygens (including phenoxy) is 2. The van der Waals surface area contributed by atoms with Crippen LogP contribution in [0.5, 0.6) is 11.5 Å². The van der Waals surface area contributed by atoms with Gasteiger partial charge in [-0.3, -0.25) is 4.79 Å². The first kappa shape index (κ1) is 17.6. The summed E-state index contributed by atoms with van der Waals surface area (Å²) in [7, 11) is 0. The molecule has 2 aromatic carbocycles. The number of hydrogen-bond acceptors (Lipinski definition) is 5. The molecule has 0 unspecified atom stereocenters. The van der Waals surface area contributed by atoms with Gasteiger partial charge in [0.25, 0.3) is 5.91 Å². The summed E-state index contributed by atoms with van der Waals surface area (Å²) in [5.74, 6) is 0.957. The molecule has 0 atom stereocenters. The van der Waals surface area contributed by atoms with E-state index in [9.17, 15) is 10.1 Å². The molecule has 2 N–H and O–H groups in total. The highest BCUT2D eigenvalue weighted by Gasteiger charge is 2.13. The molecule has 1 aliphatic heterocycles. The van der Waals surface area contributed by atoms with Crippen molar-refractivity contribution in [1.29, 1.82) is 5.26 Å². The molecule has 0 saturated heterocycles. The molecular formula is C19H16ClN3O3. The van der Waals surface area contributed by atoms with Crippen LogP contribution in [0.25, 0.3) is 0 Å². The SMILES string of the molecule is N#C/C(=C/NCc1ccc2c(c1)OCO2)C(=O)NCc1ccc(Cl)cc1. The molecule has 1 heterocycles. The van der Waals surface area contributed by atoms with Crippen molar-refractivity contribution in [2.45, 2.75) is 13.1 Å². The predicted octanol–water partition coefficient (Wildman–Crippen LogP) is 2.88. The van der Waals surface area contributed by atoms with Crippen molar-refractivity contribution in [3.05, 3.63) is 70.4 Å². The Kier molecular flexibility index (Phi) is 5.62. The molecule has 1 amide bonds. The van der Waals surface area contributed by atoms with Crippen molar-refractivity contribution < 1.29 is 14.3 Å². The summed E-state index contributed by atoms with van der Waals surface area (Å²) in [6.07, 6.45) is 1.40. The molecule has 6 nitrogen and oxygen atoms in total. The molecule has 26 heavy (non-hydrogen) atoms. The highest BCUT2D eigenvalue weighted by atomic mass is 35.5. The van der Waals surface area contributed by atoms with Gasteiger partial charge in [0, 0.05) is 24.3 Å². The fourth-order valence-electron chi connectivity index (χ4n) is 2.35. The number of nitriles is 1. The lowest BCUT2D eigenvalue weighted by molar-refractivity contribution is -0.117. The van der Waals surface area contributed by atoms with E-state index in [4.69, 9.17) is 21.1 Å². The van der Waals surface area contributed by atoms with Gasteiger partial charge in [-0.25, -0.2) is 0 Å². The topological polar surface area (TPSA) is 83.4 Å². The third-order valence-corrected chi connectivity index (χ3v) is 3.97. The fraction of sp³-hybridized carbons (Fsp3) is 0.158. The summed E-state index contributed by atoms with van der Waals surface area (Å²) in [5.41, 5.74) is 1.84. The Morgan fingerprint density at radius 1 is 1.12 bits per heavy atom. The molecule has 0 bridgehead atoms. The summed E-state index contributed by atoms with van der Waals surface area (Å²) in [4.78, 5) is 12.1. The first-order valence-corrected chi connectivity index (χ1v) is 8.28. The van der Waals surface area contributed by atoms with Crippen LogP contribution in [0.4, 0.5) is 0 Å². The second-order valence-electron chi connectivity index (χ2n) is 5.55. The Balaban J connectivity index is 1.53. The van der Waals surface area contributed by atoms with Crippen LogP contribution in [0.3, 0.4) is 0 Å². The normalized spacial score (nSPS) is 12.4. The second kappa shape index (κ2) is 8.28. The number of carbonyl (C=O) groups is 1. The van der Waals surface area contributed by atoms with Crippen LogP contribution < -0.4 is 20.1 Å². The van der Waals surface area contributed by atoms with E-state index in [0.717, 1.165) is 11.1 Å². The van der Waals surface area contributed by atoms with Crippen LogP contribution in [0.15, 0.2) is 54.2 Å². The number of fused-ring (bicyclic) bond motifs is 1. The van der Waals surface area contributed by atoms with Crippen LogP contribution in [0, 0.1) is 11.3 Å². The number of rotatable bonds is 6. The van der Waals surface area contributed by atoms with E-state index in [1.54, 1.807) is 12.1 Å². The van der Waals surface area contributed by atoms with Gasteiger partial charge in [-0.15, -0.1) is 0 Å². The van der Waals surface area contributed by atoms with Gasteiger partial charge in [0.15, 0.2) is 11.5 Å². The lowest BCUT2D eigenvalue weighted by atomic mass is 10.2. The van der Waals surface area contributed by atoms with E-state index in [1.165, 1.54) is 6.20 Å². The molecule has 0 saturated carbocycles. The molecular weight excluding hydrogens is 354 g/mol. The minimum absolute atomic E-state index is 0.000271. The van der Waals surface area contributed by atoms with E-state index < -0.39 is 5.91 Å². The smallest absolute Gasteiger partial charge is 0.263 e. The van der Waals surface area contributed by atoms with Gasteiger partial charge >= 0.3 is 0 Å². The van der Waals surface area contributed by atoms with Gasteiger partial charge in [0.05, 0.1) is 0 Å². The van der Waals surface area contributed by atoms with Crippen molar-refractivity contribution >= 4 is 17.5 Å². The lowest BCUT2D eigenvalue weighted by Crippen LogP contribution is -2.25. The number of nitrogens with zero attached hydrogens (tertiary/aromatic N) is 1. The highest BCUT2D eigenvalue weighted by Crippen LogP contribution is 2.32. The zero-order valence-electron chi connectivity index (χ0n) is 13.8. The average Bonchev–Trinajstić information content (AvgIpc) is 3.12. The monoisotopic (exact) mass is 369 g/mol. The maximum Gasteiger partial charge on any atom is 0.263 e. The molecule has 2 aromatic rings. The van der Waals surface area contributed by atoms with Crippen molar-refractivity contribution in [3.63, 3.8) is 0 Å². The summed E-state index contributed by atoms with van der Waals surface area (Å²) >= 11 is 5.82. The zero-order chi connectivity index (χ0) is 18.4. The molecule has 0 aliphatic carbocycles. The van der Waals surface area contributed by atoms with Crippen LogP contribution in [0.1, 0.15) is 11.1 Å². The van der Waals surface area contributed by atoms with E-state index in [2.05, 4.69) is 10.6 Å². The van der Waals surface area contributed by atoms with Gasteiger partial charge in [-0.05, 0) is 35.4 Å². The van der Waals surface area contributed by atoms with Crippen molar-refractivity contribution in [2.24, 2.45) is 0 Å². The summed E-state index contributed by atoms with van der Waals surface area (Å²) in [5, 5.41) is 15.5. The van der Waals surface area contributed by atoms with E-state index in [1.807, 2.05) is 36.4 Å². The fourth-order valence-corrected chi connectivity index (χ4v) is 2.48. The molecule has 0 radical (unpaired) electrons. The Hall–Kier alpha value is -3.17. The zero-order valence-corrected chi connectivity index (χ0v) is 14.5. The first-order chi connectivity index (χ1) is 12.7. The maximum absolute atomic E-state index is 12.1. The summed E-state index contributed by atoms with van der Waals surface area (Å²) in [6, 6.07) is 14.6. The largest absolute Gasteiger partial charge is 0.454 e. The van der Waals surface area contributed by atoms with Gasteiger partial charge in [-0.1, -0.05) is 29.8 Å². The molecule has 0 fully saturated rings. The highest BCUT2D eigenvalue weighted by molar-refractivity contribution is 6.30. The minimum Gasteiger partial charge on any atom is -0.454 e. The summed E-state index contributed by atoms with van der Waals surface area (Å²) in [6.45, 7) is 0.988. The molecule has 3 rings (SSSR count). The Labute approximate surface area is 156 Å². The molecule has 132 valence electrons. The van der Waals surface area contributed by atoms with Gasteiger partial charge in [0.1, 0.15) is 11.6 Å². The van der Waals surface area contributed by atoms with Crippen LogP contribution in [-0.4, -0.2) is 12.7 Å². The number of halogens is 1. The number of hydrogen-bond donors (Lipinski definition) is 2. The average molecular weight is 370 g/mol. The van der Waals surface area contributed by atoms with Crippen LogP contribution >= 0.6 is 11.6 Å². The molecule has 0 aromatic heterocycles. The third kappa shape index (κ3) is 4.47. The summed E-state index contributed by atoms with van der Waals surface area (Å²) < 4.78 is 10.6. The standard InChI is InChI=1S/C19H16ClN3O3/c20-16-4-1-13(2-5-16)10-23-19(24)15(8-21)11-22-9-14-3-6-17-18(7-14)26-12-25-17/h1-7,11,22H,9-10,12H2,(H,23,24)/b15-11-. The first-order valence-electron chi connectivity index (χ1n) is 7.90. The number of amides is 1. The maximum atomic E-state index is 12.1. The lowest BCUT2D eigenvalue weighted by Gasteiger charge is -2.06. The predicted molar refractivity (Wildman–Crippen MR) is 96.4 cm³/mol. The molecule has 0 spiro atoms.